The van der Waals surface area contributed by atoms with Gasteiger partial charge in [0, 0.05) is 6.54 Å². The lowest BCUT2D eigenvalue weighted by Gasteiger charge is -2.22. The predicted octanol–water partition coefficient (Wildman–Crippen LogP) is 2.56. The van der Waals surface area contributed by atoms with Crippen LogP contribution < -0.4 is 5.73 Å². The molecule has 0 saturated heterocycles. The Bertz CT molecular complexity index is 297. The largest absolute Gasteiger partial charge is 0.325 e. The fraction of sp³-hybridized carbons (Fsp3) is 0.455. The SMILES string of the molecule is CN(Cc1ccccc1)CC(F)(F)CN.Cl.Cl. The Balaban J connectivity index is 0. The van der Waals surface area contributed by atoms with Crippen molar-refractivity contribution in [1.29, 1.82) is 0 Å². The van der Waals surface area contributed by atoms with Crippen LogP contribution >= 0.6 is 24.8 Å². The average molecular weight is 287 g/mol. The molecule has 0 saturated carbocycles. The van der Waals surface area contributed by atoms with E-state index in [0.29, 0.717) is 6.54 Å². The number of hydrogen-bond donors (Lipinski definition) is 1. The van der Waals surface area contributed by atoms with Crippen LogP contribution in [0.25, 0.3) is 0 Å². The maximum atomic E-state index is 12.9. The molecule has 0 atom stereocenters. The van der Waals surface area contributed by atoms with E-state index < -0.39 is 12.5 Å². The van der Waals surface area contributed by atoms with Crippen molar-refractivity contribution in [2.24, 2.45) is 5.73 Å². The Hall–Kier alpha value is -0.420. The van der Waals surface area contributed by atoms with Crippen LogP contribution in [0, 0.1) is 0 Å². The first-order valence-corrected chi connectivity index (χ1v) is 4.84. The average Bonchev–Trinajstić information content (AvgIpc) is 2.18. The van der Waals surface area contributed by atoms with Gasteiger partial charge < -0.3 is 5.73 Å². The third-order valence-electron chi connectivity index (χ3n) is 2.10. The van der Waals surface area contributed by atoms with E-state index in [-0.39, 0.29) is 31.4 Å². The van der Waals surface area contributed by atoms with Gasteiger partial charge in [-0.1, -0.05) is 30.3 Å². The number of alkyl halides is 2. The summed E-state index contributed by atoms with van der Waals surface area (Å²) in [6, 6.07) is 9.51. The second-order valence-corrected chi connectivity index (χ2v) is 3.72. The van der Waals surface area contributed by atoms with E-state index >= 15 is 0 Å². The van der Waals surface area contributed by atoms with Gasteiger partial charge in [-0.05, 0) is 12.6 Å². The highest BCUT2D eigenvalue weighted by molar-refractivity contribution is 5.85. The smallest absolute Gasteiger partial charge is 0.272 e. The van der Waals surface area contributed by atoms with Crippen LogP contribution in [-0.2, 0) is 6.54 Å². The number of halogens is 4. The monoisotopic (exact) mass is 286 g/mol. The molecule has 0 aliphatic carbocycles. The van der Waals surface area contributed by atoms with Gasteiger partial charge in [-0.25, -0.2) is 8.78 Å². The number of rotatable bonds is 5. The summed E-state index contributed by atoms with van der Waals surface area (Å²) < 4.78 is 25.9. The molecule has 1 rings (SSSR count). The van der Waals surface area contributed by atoms with Gasteiger partial charge in [0.05, 0.1) is 13.1 Å². The molecule has 0 radical (unpaired) electrons. The van der Waals surface area contributed by atoms with Gasteiger partial charge in [0.15, 0.2) is 0 Å². The maximum Gasteiger partial charge on any atom is 0.272 e. The van der Waals surface area contributed by atoms with E-state index in [4.69, 9.17) is 5.73 Å². The molecular weight excluding hydrogens is 269 g/mol. The molecule has 0 amide bonds. The molecule has 0 aromatic heterocycles. The lowest BCUT2D eigenvalue weighted by atomic mass is 10.2. The number of benzene rings is 1. The molecule has 2 N–H and O–H groups in total. The van der Waals surface area contributed by atoms with Gasteiger partial charge in [0.25, 0.3) is 5.92 Å². The van der Waals surface area contributed by atoms with E-state index in [9.17, 15) is 8.78 Å². The predicted molar refractivity (Wildman–Crippen MR) is 71.3 cm³/mol. The van der Waals surface area contributed by atoms with Crippen molar-refractivity contribution in [2.75, 3.05) is 20.1 Å². The van der Waals surface area contributed by atoms with Crippen molar-refractivity contribution in [2.45, 2.75) is 12.5 Å². The molecule has 17 heavy (non-hydrogen) atoms. The summed E-state index contributed by atoms with van der Waals surface area (Å²) in [5, 5.41) is 0. The minimum atomic E-state index is -2.80. The molecule has 0 aliphatic rings. The zero-order chi connectivity index (χ0) is 11.3. The molecule has 0 aliphatic heterocycles. The fourth-order valence-electron chi connectivity index (χ4n) is 1.41. The lowest BCUT2D eigenvalue weighted by molar-refractivity contribution is -0.0191. The minimum Gasteiger partial charge on any atom is -0.325 e. The normalized spacial score (nSPS) is 10.6. The molecule has 2 nitrogen and oxygen atoms in total. The van der Waals surface area contributed by atoms with Crippen molar-refractivity contribution in [3.63, 3.8) is 0 Å². The Kier molecular flexibility index (Phi) is 9.62. The van der Waals surface area contributed by atoms with Crippen molar-refractivity contribution in [3.8, 4) is 0 Å². The second-order valence-electron chi connectivity index (χ2n) is 3.72. The summed E-state index contributed by atoms with van der Waals surface area (Å²) in [4.78, 5) is 1.57. The Labute approximate surface area is 113 Å². The number of nitrogens with two attached hydrogens (primary N) is 1. The Morgan fingerprint density at radius 1 is 1.18 bits per heavy atom. The van der Waals surface area contributed by atoms with E-state index in [0.717, 1.165) is 5.56 Å². The van der Waals surface area contributed by atoms with Crippen LogP contribution in [-0.4, -0.2) is 31.0 Å². The molecule has 0 fully saturated rings. The molecular formula is C11H18Cl2F2N2. The van der Waals surface area contributed by atoms with Crippen molar-refractivity contribution < 1.29 is 8.78 Å². The molecule has 0 unspecified atom stereocenters. The molecule has 6 heteroatoms. The molecule has 0 spiro atoms. The van der Waals surface area contributed by atoms with Crippen LogP contribution in [0.4, 0.5) is 8.78 Å². The summed E-state index contributed by atoms with van der Waals surface area (Å²) >= 11 is 0. The zero-order valence-corrected chi connectivity index (χ0v) is 11.2. The van der Waals surface area contributed by atoms with E-state index in [1.54, 1.807) is 11.9 Å². The van der Waals surface area contributed by atoms with Gasteiger partial charge in [0.2, 0.25) is 0 Å². The first kappa shape index (κ1) is 18.9. The van der Waals surface area contributed by atoms with Crippen LogP contribution in [0.5, 0.6) is 0 Å². The molecule has 1 aromatic carbocycles. The highest BCUT2D eigenvalue weighted by Crippen LogP contribution is 2.13. The van der Waals surface area contributed by atoms with Crippen molar-refractivity contribution >= 4 is 24.8 Å². The maximum absolute atomic E-state index is 12.9. The first-order chi connectivity index (χ1) is 7.03. The molecule has 1 aromatic rings. The topological polar surface area (TPSA) is 29.3 Å². The number of nitrogens with zero attached hydrogens (tertiary/aromatic N) is 1. The summed E-state index contributed by atoms with van der Waals surface area (Å²) in [5.74, 6) is -2.80. The van der Waals surface area contributed by atoms with E-state index in [1.807, 2.05) is 30.3 Å². The van der Waals surface area contributed by atoms with Gasteiger partial charge >= 0.3 is 0 Å². The van der Waals surface area contributed by atoms with Crippen molar-refractivity contribution in [1.82, 2.24) is 4.90 Å². The van der Waals surface area contributed by atoms with Crippen molar-refractivity contribution in [3.05, 3.63) is 35.9 Å². The first-order valence-electron chi connectivity index (χ1n) is 4.84. The Morgan fingerprint density at radius 3 is 2.18 bits per heavy atom. The standard InChI is InChI=1S/C11H16F2N2.2ClH/c1-15(9-11(12,13)8-14)7-10-5-3-2-4-6-10;;/h2-6H,7-9,14H2,1H3;2*1H. The van der Waals surface area contributed by atoms with Gasteiger partial charge in [-0.15, -0.1) is 24.8 Å². The van der Waals surface area contributed by atoms with Crippen LogP contribution in [0.15, 0.2) is 30.3 Å². The van der Waals surface area contributed by atoms with Crippen LogP contribution in [0.3, 0.4) is 0 Å². The fourth-order valence-corrected chi connectivity index (χ4v) is 1.41. The molecule has 100 valence electrons. The second kappa shape index (κ2) is 8.64. The molecule has 0 bridgehead atoms. The minimum absolute atomic E-state index is 0. The third-order valence-corrected chi connectivity index (χ3v) is 2.10. The quantitative estimate of drug-likeness (QED) is 0.901. The Morgan fingerprint density at radius 2 is 1.71 bits per heavy atom. The van der Waals surface area contributed by atoms with Crippen LogP contribution in [0.2, 0.25) is 0 Å². The highest BCUT2D eigenvalue weighted by Gasteiger charge is 2.28. The summed E-state index contributed by atoms with van der Waals surface area (Å²) in [6.07, 6.45) is 0. The van der Waals surface area contributed by atoms with Gasteiger partial charge in [-0.2, -0.15) is 0 Å². The summed E-state index contributed by atoms with van der Waals surface area (Å²) in [6.45, 7) is -0.402. The summed E-state index contributed by atoms with van der Waals surface area (Å²) in [7, 11) is 1.66. The molecule has 0 heterocycles. The van der Waals surface area contributed by atoms with E-state index in [2.05, 4.69) is 0 Å². The van der Waals surface area contributed by atoms with E-state index in [1.165, 1.54) is 0 Å². The zero-order valence-electron chi connectivity index (χ0n) is 9.61. The number of hydrogen-bond acceptors (Lipinski definition) is 2. The van der Waals surface area contributed by atoms with Gasteiger partial charge in [-0.3, -0.25) is 4.90 Å². The van der Waals surface area contributed by atoms with Gasteiger partial charge in [0.1, 0.15) is 0 Å². The summed E-state index contributed by atoms with van der Waals surface area (Å²) in [5.41, 5.74) is 5.99. The highest BCUT2D eigenvalue weighted by atomic mass is 35.5. The third kappa shape index (κ3) is 7.49. The van der Waals surface area contributed by atoms with Crippen LogP contribution in [0.1, 0.15) is 5.56 Å². The lowest BCUT2D eigenvalue weighted by Crippen LogP contribution is -2.39.